The predicted octanol–water partition coefficient (Wildman–Crippen LogP) is 0.678. The van der Waals surface area contributed by atoms with Crippen molar-refractivity contribution >= 4 is 27.3 Å². The van der Waals surface area contributed by atoms with E-state index in [0.717, 1.165) is 0 Å². The number of hydrogen-bond acceptors (Lipinski definition) is 6. The van der Waals surface area contributed by atoms with Gasteiger partial charge in [0.25, 0.3) is 0 Å². The van der Waals surface area contributed by atoms with E-state index in [2.05, 4.69) is 5.32 Å². The summed E-state index contributed by atoms with van der Waals surface area (Å²) in [5, 5.41) is 2.78. The first-order valence-electron chi connectivity index (χ1n) is 8.35. The maximum Gasteiger partial charge on any atom is 0.229 e. The normalized spacial score (nSPS) is 24.5. The lowest BCUT2D eigenvalue weighted by Gasteiger charge is -2.23. The maximum atomic E-state index is 12.6. The molecule has 8 nitrogen and oxygen atoms in total. The largest absolute Gasteiger partial charge is 0.497 e. The second-order valence-electron chi connectivity index (χ2n) is 6.56. The molecule has 0 aromatic heterocycles. The van der Waals surface area contributed by atoms with Gasteiger partial charge < -0.3 is 19.7 Å². The molecule has 2 amide bonds. The second-order valence-corrected chi connectivity index (χ2v) is 8.79. The predicted molar refractivity (Wildman–Crippen MR) is 95.1 cm³/mol. The van der Waals surface area contributed by atoms with Gasteiger partial charge in [-0.05, 0) is 18.6 Å². The Labute approximate surface area is 152 Å². The number of carbonyl (C=O) groups is 2. The first-order chi connectivity index (χ1) is 12.3. The number of methoxy groups -OCH3 is 2. The highest BCUT2D eigenvalue weighted by atomic mass is 32.2. The van der Waals surface area contributed by atoms with Crippen molar-refractivity contribution < 1.29 is 27.5 Å². The molecule has 0 saturated carbocycles. The van der Waals surface area contributed by atoms with Crippen molar-refractivity contribution in [2.24, 2.45) is 5.92 Å². The minimum Gasteiger partial charge on any atom is -0.497 e. The van der Waals surface area contributed by atoms with Crippen molar-refractivity contribution in [3.63, 3.8) is 0 Å². The van der Waals surface area contributed by atoms with Crippen LogP contribution in [0, 0.1) is 5.92 Å². The number of nitrogens with one attached hydrogen (secondary N) is 1. The highest BCUT2D eigenvalue weighted by Crippen LogP contribution is 2.31. The van der Waals surface area contributed by atoms with Crippen LogP contribution in [-0.4, -0.2) is 63.4 Å². The minimum atomic E-state index is -3.08. The Balaban J connectivity index is 1.69. The van der Waals surface area contributed by atoms with Crippen molar-refractivity contribution in [2.45, 2.75) is 18.9 Å². The standard InChI is InChI=1S/C17H22N2O6S/c1-24-13-3-4-15(25-2)14(8-13)18-17(21)11-7-16(20)19(9-11)12-5-6-26(22,23)10-12/h3-4,8,11-12H,5-7,9-10H2,1-2H3,(H,18,21). The average Bonchev–Trinajstić information content (AvgIpc) is 3.16. The van der Waals surface area contributed by atoms with Crippen molar-refractivity contribution in [3.8, 4) is 11.5 Å². The lowest BCUT2D eigenvalue weighted by molar-refractivity contribution is -0.129. The van der Waals surface area contributed by atoms with Crippen molar-refractivity contribution in [3.05, 3.63) is 18.2 Å². The Morgan fingerprint density at radius 1 is 1.27 bits per heavy atom. The number of sulfone groups is 1. The summed E-state index contributed by atoms with van der Waals surface area (Å²) in [6.07, 6.45) is 0.515. The number of carbonyl (C=O) groups excluding carboxylic acids is 2. The highest BCUT2D eigenvalue weighted by Gasteiger charge is 2.42. The molecule has 2 heterocycles. The summed E-state index contributed by atoms with van der Waals surface area (Å²) >= 11 is 0. The number of amides is 2. The van der Waals surface area contributed by atoms with Gasteiger partial charge in [0.1, 0.15) is 11.5 Å². The zero-order valence-corrected chi connectivity index (χ0v) is 15.5. The molecular weight excluding hydrogens is 360 g/mol. The average molecular weight is 382 g/mol. The van der Waals surface area contributed by atoms with Crippen LogP contribution in [0.15, 0.2) is 18.2 Å². The first kappa shape index (κ1) is 18.5. The molecule has 3 rings (SSSR count). The Morgan fingerprint density at radius 3 is 2.65 bits per heavy atom. The van der Waals surface area contributed by atoms with Gasteiger partial charge in [0.2, 0.25) is 11.8 Å². The third kappa shape index (κ3) is 3.77. The third-order valence-corrected chi connectivity index (χ3v) is 6.59. The van der Waals surface area contributed by atoms with Gasteiger partial charge in [0.15, 0.2) is 9.84 Å². The molecule has 0 spiro atoms. The summed E-state index contributed by atoms with van der Waals surface area (Å²) < 4.78 is 33.7. The smallest absolute Gasteiger partial charge is 0.229 e. The Kier molecular flexibility index (Phi) is 5.08. The second kappa shape index (κ2) is 7.14. The van der Waals surface area contributed by atoms with E-state index < -0.39 is 15.8 Å². The molecule has 2 aliphatic rings. The lowest BCUT2D eigenvalue weighted by atomic mass is 10.1. The number of rotatable bonds is 5. The van der Waals surface area contributed by atoms with Crippen molar-refractivity contribution in [1.29, 1.82) is 0 Å². The van der Waals surface area contributed by atoms with E-state index in [0.29, 0.717) is 23.6 Å². The van der Waals surface area contributed by atoms with Crippen LogP contribution in [0.25, 0.3) is 0 Å². The van der Waals surface area contributed by atoms with Crippen LogP contribution in [-0.2, 0) is 19.4 Å². The molecule has 2 atom stereocenters. The van der Waals surface area contributed by atoms with Crippen molar-refractivity contribution in [1.82, 2.24) is 4.90 Å². The van der Waals surface area contributed by atoms with Gasteiger partial charge in [0, 0.05) is 25.1 Å². The molecule has 142 valence electrons. The van der Waals surface area contributed by atoms with Gasteiger partial charge in [-0.2, -0.15) is 0 Å². The lowest BCUT2D eigenvalue weighted by Crippen LogP contribution is -2.38. The van der Waals surface area contributed by atoms with Gasteiger partial charge in [0.05, 0.1) is 37.3 Å². The number of anilines is 1. The van der Waals surface area contributed by atoms with Gasteiger partial charge in [-0.3, -0.25) is 9.59 Å². The Hall–Kier alpha value is -2.29. The number of nitrogens with zero attached hydrogens (tertiary/aromatic N) is 1. The third-order valence-electron chi connectivity index (χ3n) is 4.84. The van der Waals surface area contributed by atoms with E-state index in [1.165, 1.54) is 19.1 Å². The van der Waals surface area contributed by atoms with Crippen LogP contribution < -0.4 is 14.8 Å². The zero-order chi connectivity index (χ0) is 18.9. The molecule has 1 aromatic carbocycles. The van der Waals surface area contributed by atoms with Gasteiger partial charge >= 0.3 is 0 Å². The molecule has 2 aliphatic heterocycles. The van der Waals surface area contributed by atoms with Crippen LogP contribution in [0.4, 0.5) is 5.69 Å². The SMILES string of the molecule is COc1ccc(OC)c(NC(=O)C2CC(=O)N(C3CCS(=O)(=O)C3)C2)c1. The molecule has 0 bridgehead atoms. The molecular formula is C17H22N2O6S. The number of likely N-dealkylation sites (tertiary alicyclic amines) is 1. The quantitative estimate of drug-likeness (QED) is 0.803. The topological polar surface area (TPSA) is 102 Å². The van der Waals surface area contributed by atoms with Gasteiger partial charge in [-0.25, -0.2) is 8.42 Å². The number of hydrogen-bond donors (Lipinski definition) is 1. The van der Waals surface area contributed by atoms with Crippen molar-refractivity contribution in [2.75, 3.05) is 37.6 Å². The minimum absolute atomic E-state index is 0.0171. The monoisotopic (exact) mass is 382 g/mol. The fourth-order valence-electron chi connectivity index (χ4n) is 3.43. The zero-order valence-electron chi connectivity index (χ0n) is 14.7. The van der Waals surface area contributed by atoms with E-state index in [9.17, 15) is 18.0 Å². The van der Waals surface area contributed by atoms with Crippen LogP contribution in [0.1, 0.15) is 12.8 Å². The molecule has 2 saturated heterocycles. The Morgan fingerprint density at radius 2 is 2.04 bits per heavy atom. The first-order valence-corrected chi connectivity index (χ1v) is 10.2. The summed E-state index contributed by atoms with van der Waals surface area (Å²) in [5.41, 5.74) is 0.464. The summed E-state index contributed by atoms with van der Waals surface area (Å²) in [6.45, 7) is 0.233. The van der Waals surface area contributed by atoms with Crippen LogP contribution in [0.5, 0.6) is 11.5 Å². The summed E-state index contributed by atoms with van der Waals surface area (Å²) in [7, 11) is -0.0609. The van der Waals surface area contributed by atoms with Crippen LogP contribution in [0.3, 0.4) is 0 Å². The number of benzene rings is 1. The van der Waals surface area contributed by atoms with Gasteiger partial charge in [-0.1, -0.05) is 0 Å². The van der Waals surface area contributed by atoms with Crippen LogP contribution in [0.2, 0.25) is 0 Å². The Bertz CT molecular complexity index is 823. The van der Waals surface area contributed by atoms with Gasteiger partial charge in [-0.15, -0.1) is 0 Å². The summed E-state index contributed by atoms with van der Waals surface area (Å²) in [5.74, 6) is 0.138. The molecule has 1 aromatic rings. The fraction of sp³-hybridized carbons (Fsp3) is 0.529. The molecule has 1 N–H and O–H groups in total. The molecule has 0 radical (unpaired) electrons. The van der Waals surface area contributed by atoms with E-state index in [-0.39, 0.29) is 42.3 Å². The molecule has 0 aliphatic carbocycles. The molecule has 26 heavy (non-hydrogen) atoms. The van der Waals surface area contributed by atoms with E-state index in [1.807, 2.05) is 0 Å². The molecule has 9 heteroatoms. The van der Waals surface area contributed by atoms with E-state index >= 15 is 0 Å². The molecule has 2 unspecified atom stereocenters. The summed E-state index contributed by atoms with van der Waals surface area (Å²) in [6, 6.07) is 4.73. The fourth-order valence-corrected chi connectivity index (χ4v) is 5.16. The maximum absolute atomic E-state index is 12.6. The van der Waals surface area contributed by atoms with Crippen LogP contribution >= 0.6 is 0 Å². The number of ether oxygens (including phenoxy) is 2. The molecule has 2 fully saturated rings. The highest BCUT2D eigenvalue weighted by molar-refractivity contribution is 7.91. The van der Waals surface area contributed by atoms with E-state index in [4.69, 9.17) is 9.47 Å². The summed E-state index contributed by atoms with van der Waals surface area (Å²) in [4.78, 5) is 26.4. The van der Waals surface area contributed by atoms with E-state index in [1.54, 1.807) is 18.2 Å².